The smallest absolute Gasteiger partial charge is 0.119 e. The van der Waals surface area contributed by atoms with Gasteiger partial charge in [-0.3, -0.25) is 0 Å². The van der Waals surface area contributed by atoms with Crippen LogP contribution in [-0.2, 0) is 19.3 Å². The molecule has 1 aromatic carbocycles. The number of benzene rings is 1. The van der Waals surface area contributed by atoms with E-state index in [0.717, 1.165) is 25.7 Å². The Kier molecular flexibility index (Phi) is 6.10. The normalized spacial score (nSPS) is 10.8. The molecular formula is C16H26O. The standard InChI is InChI=1S/C16H26O/c1-4-7-8-10-15-14(9-5-2)13(6-3)11-12-16(15)17/h11-12,17H,4-10H2,1-3H3. The number of hydrogen-bond donors (Lipinski definition) is 1. The van der Waals surface area contributed by atoms with Gasteiger partial charge in [0.25, 0.3) is 0 Å². The van der Waals surface area contributed by atoms with E-state index >= 15 is 0 Å². The van der Waals surface area contributed by atoms with Crippen LogP contribution in [0.5, 0.6) is 5.75 Å². The molecular weight excluding hydrogens is 208 g/mol. The van der Waals surface area contributed by atoms with Crippen molar-refractivity contribution in [3.05, 3.63) is 28.8 Å². The van der Waals surface area contributed by atoms with Crippen molar-refractivity contribution < 1.29 is 5.11 Å². The molecule has 0 saturated carbocycles. The number of unbranched alkanes of at least 4 members (excludes halogenated alkanes) is 2. The number of aromatic hydroxyl groups is 1. The minimum atomic E-state index is 0.502. The predicted molar refractivity (Wildman–Crippen MR) is 74.7 cm³/mol. The number of phenols is 1. The van der Waals surface area contributed by atoms with Crippen LogP contribution in [0.1, 0.15) is 63.1 Å². The van der Waals surface area contributed by atoms with Crippen molar-refractivity contribution in [1.82, 2.24) is 0 Å². The van der Waals surface area contributed by atoms with Crippen molar-refractivity contribution in [2.75, 3.05) is 0 Å². The first kappa shape index (κ1) is 14.1. The van der Waals surface area contributed by atoms with Crippen molar-refractivity contribution in [2.45, 2.75) is 65.7 Å². The summed E-state index contributed by atoms with van der Waals surface area (Å²) in [6.45, 7) is 6.62. The molecule has 0 radical (unpaired) electrons. The lowest BCUT2D eigenvalue weighted by atomic mass is 9.92. The lowest BCUT2D eigenvalue weighted by Crippen LogP contribution is -2.00. The molecule has 0 heterocycles. The average Bonchev–Trinajstić information content (AvgIpc) is 2.33. The molecule has 0 amide bonds. The van der Waals surface area contributed by atoms with Gasteiger partial charge >= 0.3 is 0 Å². The van der Waals surface area contributed by atoms with Gasteiger partial charge in [0.1, 0.15) is 5.75 Å². The summed E-state index contributed by atoms with van der Waals surface area (Å²) in [5.74, 6) is 0.502. The molecule has 1 rings (SSSR count). The molecule has 0 saturated heterocycles. The van der Waals surface area contributed by atoms with Gasteiger partial charge in [-0.2, -0.15) is 0 Å². The third-order valence-electron chi connectivity index (χ3n) is 3.41. The molecule has 17 heavy (non-hydrogen) atoms. The summed E-state index contributed by atoms with van der Waals surface area (Å²) in [7, 11) is 0. The highest BCUT2D eigenvalue weighted by atomic mass is 16.3. The highest BCUT2D eigenvalue weighted by molar-refractivity contribution is 5.44. The van der Waals surface area contributed by atoms with Crippen molar-refractivity contribution in [1.29, 1.82) is 0 Å². The molecule has 96 valence electrons. The van der Waals surface area contributed by atoms with E-state index in [9.17, 15) is 5.11 Å². The summed E-state index contributed by atoms with van der Waals surface area (Å²) in [6.07, 6.45) is 8.02. The largest absolute Gasteiger partial charge is 0.508 e. The van der Waals surface area contributed by atoms with Crippen LogP contribution in [0.15, 0.2) is 12.1 Å². The molecule has 0 fully saturated rings. The van der Waals surface area contributed by atoms with Gasteiger partial charge in [-0.1, -0.05) is 46.1 Å². The summed E-state index contributed by atoms with van der Waals surface area (Å²) in [6, 6.07) is 3.96. The van der Waals surface area contributed by atoms with Gasteiger partial charge in [0.05, 0.1) is 0 Å². The molecule has 0 aliphatic carbocycles. The van der Waals surface area contributed by atoms with E-state index in [4.69, 9.17) is 0 Å². The first-order valence-electron chi connectivity index (χ1n) is 7.07. The lowest BCUT2D eigenvalue weighted by Gasteiger charge is -2.15. The topological polar surface area (TPSA) is 20.2 Å². The van der Waals surface area contributed by atoms with Gasteiger partial charge < -0.3 is 5.11 Å². The van der Waals surface area contributed by atoms with Crippen molar-refractivity contribution in [3.63, 3.8) is 0 Å². The fourth-order valence-corrected chi connectivity index (χ4v) is 2.45. The van der Waals surface area contributed by atoms with E-state index in [1.807, 2.05) is 6.07 Å². The van der Waals surface area contributed by atoms with E-state index in [1.54, 1.807) is 0 Å². The molecule has 1 N–H and O–H groups in total. The van der Waals surface area contributed by atoms with Crippen molar-refractivity contribution >= 4 is 0 Å². The molecule has 1 nitrogen and oxygen atoms in total. The van der Waals surface area contributed by atoms with E-state index in [-0.39, 0.29) is 0 Å². The Morgan fingerprint density at radius 1 is 0.882 bits per heavy atom. The van der Waals surface area contributed by atoms with E-state index in [0.29, 0.717) is 5.75 Å². The fraction of sp³-hybridized carbons (Fsp3) is 0.625. The molecule has 0 aromatic heterocycles. The summed E-state index contributed by atoms with van der Waals surface area (Å²) in [5.41, 5.74) is 4.03. The maximum Gasteiger partial charge on any atom is 0.119 e. The zero-order valence-electron chi connectivity index (χ0n) is 11.6. The minimum Gasteiger partial charge on any atom is -0.508 e. The Hall–Kier alpha value is -0.980. The molecule has 0 aliphatic rings. The van der Waals surface area contributed by atoms with Crippen molar-refractivity contribution in [3.8, 4) is 5.75 Å². The molecule has 0 aliphatic heterocycles. The highest BCUT2D eigenvalue weighted by Gasteiger charge is 2.11. The quantitative estimate of drug-likeness (QED) is 0.681. The molecule has 1 heteroatoms. The van der Waals surface area contributed by atoms with Crippen LogP contribution in [0.25, 0.3) is 0 Å². The zero-order chi connectivity index (χ0) is 12.7. The monoisotopic (exact) mass is 234 g/mol. The Labute approximate surface area is 106 Å². The number of aryl methyl sites for hydroxylation is 1. The molecule has 0 atom stereocenters. The second-order valence-electron chi connectivity index (χ2n) is 4.76. The second-order valence-corrected chi connectivity index (χ2v) is 4.76. The molecule has 1 aromatic rings. The Balaban J connectivity index is 2.96. The van der Waals surface area contributed by atoms with Gasteiger partial charge in [-0.25, -0.2) is 0 Å². The van der Waals surface area contributed by atoms with E-state index in [1.165, 1.54) is 36.0 Å². The number of rotatable bonds is 7. The summed E-state index contributed by atoms with van der Waals surface area (Å²) >= 11 is 0. The predicted octanol–water partition coefficient (Wildman–Crippen LogP) is 4.64. The first-order chi connectivity index (χ1) is 8.24. The lowest BCUT2D eigenvalue weighted by molar-refractivity contribution is 0.464. The number of phenolic OH excluding ortho intramolecular Hbond substituents is 1. The molecule has 0 spiro atoms. The van der Waals surface area contributed by atoms with Crippen LogP contribution >= 0.6 is 0 Å². The van der Waals surface area contributed by atoms with Crippen molar-refractivity contribution in [2.24, 2.45) is 0 Å². The third kappa shape index (κ3) is 3.76. The van der Waals surface area contributed by atoms with Gasteiger partial charge in [-0.15, -0.1) is 0 Å². The van der Waals surface area contributed by atoms with Gasteiger partial charge in [0.15, 0.2) is 0 Å². The Bertz CT molecular complexity index is 342. The van der Waals surface area contributed by atoms with Crippen LogP contribution in [0, 0.1) is 0 Å². The van der Waals surface area contributed by atoms with E-state index < -0.39 is 0 Å². The van der Waals surface area contributed by atoms with Gasteiger partial charge in [0.2, 0.25) is 0 Å². The maximum absolute atomic E-state index is 10.0. The Morgan fingerprint density at radius 2 is 1.65 bits per heavy atom. The van der Waals surface area contributed by atoms with Crippen LogP contribution in [0.2, 0.25) is 0 Å². The average molecular weight is 234 g/mol. The molecule has 0 bridgehead atoms. The highest BCUT2D eigenvalue weighted by Crippen LogP contribution is 2.28. The van der Waals surface area contributed by atoms with Crippen LogP contribution in [-0.4, -0.2) is 5.11 Å². The van der Waals surface area contributed by atoms with Crippen LogP contribution in [0.3, 0.4) is 0 Å². The second kappa shape index (κ2) is 7.37. The maximum atomic E-state index is 10.0. The summed E-state index contributed by atoms with van der Waals surface area (Å²) in [4.78, 5) is 0. The Morgan fingerprint density at radius 3 is 2.24 bits per heavy atom. The van der Waals surface area contributed by atoms with E-state index in [2.05, 4.69) is 26.8 Å². The minimum absolute atomic E-state index is 0.502. The number of hydrogen-bond acceptors (Lipinski definition) is 1. The first-order valence-corrected chi connectivity index (χ1v) is 7.07. The SMILES string of the molecule is CCCCCc1c(O)ccc(CC)c1CCC. The van der Waals surface area contributed by atoms with Crippen LogP contribution in [0.4, 0.5) is 0 Å². The third-order valence-corrected chi connectivity index (χ3v) is 3.41. The summed E-state index contributed by atoms with van der Waals surface area (Å²) < 4.78 is 0. The van der Waals surface area contributed by atoms with Gasteiger partial charge in [0, 0.05) is 0 Å². The zero-order valence-corrected chi connectivity index (χ0v) is 11.6. The van der Waals surface area contributed by atoms with Crippen LogP contribution < -0.4 is 0 Å². The fourth-order valence-electron chi connectivity index (χ4n) is 2.45. The molecule has 0 unspecified atom stereocenters. The van der Waals surface area contributed by atoms with Gasteiger partial charge in [-0.05, 0) is 48.4 Å². The summed E-state index contributed by atoms with van der Waals surface area (Å²) in [5, 5.41) is 10.0.